The van der Waals surface area contributed by atoms with Gasteiger partial charge in [0.25, 0.3) is 5.69 Å². The third-order valence-corrected chi connectivity index (χ3v) is 4.05. The van der Waals surface area contributed by atoms with Crippen LogP contribution in [-0.2, 0) is 14.3 Å². The zero-order chi connectivity index (χ0) is 19.9. The van der Waals surface area contributed by atoms with E-state index in [1.807, 2.05) is 0 Å². The van der Waals surface area contributed by atoms with Crippen LogP contribution in [0.25, 0.3) is 11.3 Å². The van der Waals surface area contributed by atoms with Crippen molar-refractivity contribution in [3.8, 4) is 11.3 Å². The van der Waals surface area contributed by atoms with Crippen LogP contribution < -0.4 is 10.7 Å². The first-order valence-electron chi connectivity index (χ1n) is 8.60. The van der Waals surface area contributed by atoms with E-state index in [0.717, 1.165) is 12.8 Å². The highest BCUT2D eigenvalue weighted by Gasteiger charge is 2.19. The topological polar surface area (TPSA) is 136 Å². The summed E-state index contributed by atoms with van der Waals surface area (Å²) in [5.74, 6) is -0.989. The van der Waals surface area contributed by atoms with E-state index in [1.165, 1.54) is 18.3 Å². The summed E-state index contributed by atoms with van der Waals surface area (Å²) in [7, 11) is 0. The van der Waals surface area contributed by atoms with Crippen molar-refractivity contribution in [3.63, 3.8) is 0 Å². The van der Waals surface area contributed by atoms with Gasteiger partial charge in [-0.15, -0.1) is 0 Å². The SMILES string of the molecule is O=C(NC[C@@H]1CCCO1)C(=O)NN=Cc1ccc(-c2cccc([N+](=O)[O-])c2)o1. The van der Waals surface area contributed by atoms with Crippen LogP contribution in [0.4, 0.5) is 5.69 Å². The fourth-order valence-electron chi connectivity index (χ4n) is 2.65. The summed E-state index contributed by atoms with van der Waals surface area (Å²) in [5.41, 5.74) is 2.59. The largest absolute Gasteiger partial charge is 0.455 e. The number of nitro groups is 1. The Morgan fingerprint density at radius 3 is 2.89 bits per heavy atom. The van der Waals surface area contributed by atoms with E-state index in [4.69, 9.17) is 9.15 Å². The standard InChI is InChI=1S/C18H18N4O6/c23-17(19-10-14-5-2-8-27-14)18(24)21-20-11-15-6-7-16(28-15)12-3-1-4-13(9-12)22(25)26/h1,3-4,6-7,9,11,14H,2,5,8,10H2,(H,19,23)(H,21,24)/t14-/m0/s1. The van der Waals surface area contributed by atoms with Gasteiger partial charge in [-0.2, -0.15) is 5.10 Å². The molecule has 28 heavy (non-hydrogen) atoms. The summed E-state index contributed by atoms with van der Waals surface area (Å²) >= 11 is 0. The van der Waals surface area contributed by atoms with E-state index in [-0.39, 0.29) is 18.3 Å². The third-order valence-electron chi connectivity index (χ3n) is 4.05. The molecule has 0 saturated carbocycles. The summed E-state index contributed by atoms with van der Waals surface area (Å²) < 4.78 is 10.9. The molecule has 0 unspecified atom stereocenters. The number of ether oxygens (including phenoxy) is 1. The predicted molar refractivity (Wildman–Crippen MR) is 98.5 cm³/mol. The minimum Gasteiger partial charge on any atom is -0.455 e. The fraction of sp³-hybridized carbons (Fsp3) is 0.278. The minimum absolute atomic E-state index is 0.0506. The Labute approximate surface area is 159 Å². The van der Waals surface area contributed by atoms with Gasteiger partial charge in [0.1, 0.15) is 11.5 Å². The number of furan rings is 1. The maximum atomic E-state index is 11.7. The smallest absolute Gasteiger partial charge is 0.329 e. The Bertz CT molecular complexity index is 901. The van der Waals surface area contributed by atoms with Crippen LogP contribution in [0.3, 0.4) is 0 Å². The van der Waals surface area contributed by atoms with Gasteiger partial charge in [0.15, 0.2) is 0 Å². The Kier molecular flexibility index (Phi) is 6.12. The van der Waals surface area contributed by atoms with E-state index >= 15 is 0 Å². The average molecular weight is 386 g/mol. The molecule has 146 valence electrons. The van der Waals surface area contributed by atoms with Crippen LogP contribution in [-0.4, -0.2) is 42.2 Å². The zero-order valence-corrected chi connectivity index (χ0v) is 14.8. The summed E-state index contributed by atoms with van der Waals surface area (Å²) in [6, 6.07) is 9.21. The molecule has 3 rings (SSSR count). The molecule has 1 aliphatic rings. The lowest BCUT2D eigenvalue weighted by Crippen LogP contribution is -2.41. The lowest BCUT2D eigenvalue weighted by atomic mass is 10.1. The van der Waals surface area contributed by atoms with Crippen LogP contribution in [0.1, 0.15) is 18.6 Å². The van der Waals surface area contributed by atoms with Crippen molar-refractivity contribution in [2.45, 2.75) is 18.9 Å². The minimum atomic E-state index is -0.903. The van der Waals surface area contributed by atoms with Crippen molar-refractivity contribution in [2.75, 3.05) is 13.2 Å². The van der Waals surface area contributed by atoms with Crippen molar-refractivity contribution < 1.29 is 23.7 Å². The summed E-state index contributed by atoms with van der Waals surface area (Å²) in [4.78, 5) is 33.7. The molecule has 1 atom stereocenters. The van der Waals surface area contributed by atoms with Gasteiger partial charge in [0, 0.05) is 30.8 Å². The molecule has 1 aromatic carbocycles. The summed E-state index contributed by atoms with van der Waals surface area (Å²) in [6.45, 7) is 0.944. The Morgan fingerprint density at radius 2 is 2.14 bits per heavy atom. The van der Waals surface area contributed by atoms with Gasteiger partial charge >= 0.3 is 11.8 Å². The molecule has 2 heterocycles. The zero-order valence-electron chi connectivity index (χ0n) is 14.8. The van der Waals surface area contributed by atoms with Crippen LogP contribution >= 0.6 is 0 Å². The predicted octanol–water partition coefficient (Wildman–Crippen LogP) is 1.60. The molecule has 0 radical (unpaired) electrons. The van der Waals surface area contributed by atoms with E-state index in [9.17, 15) is 19.7 Å². The van der Waals surface area contributed by atoms with Gasteiger partial charge < -0.3 is 14.5 Å². The highest BCUT2D eigenvalue weighted by Crippen LogP contribution is 2.25. The molecule has 1 aromatic heterocycles. The molecular weight excluding hydrogens is 368 g/mol. The Balaban J connectivity index is 1.52. The lowest BCUT2D eigenvalue weighted by Gasteiger charge is -2.09. The van der Waals surface area contributed by atoms with Crippen molar-refractivity contribution in [1.29, 1.82) is 0 Å². The lowest BCUT2D eigenvalue weighted by molar-refractivity contribution is -0.384. The maximum absolute atomic E-state index is 11.7. The quantitative estimate of drug-likeness (QED) is 0.335. The van der Waals surface area contributed by atoms with Crippen LogP contribution in [0.15, 0.2) is 45.9 Å². The molecule has 2 amide bonds. The maximum Gasteiger partial charge on any atom is 0.329 e. The van der Waals surface area contributed by atoms with Crippen molar-refractivity contribution in [2.24, 2.45) is 5.10 Å². The number of amides is 2. The number of nitrogens with one attached hydrogen (secondary N) is 2. The second kappa shape index (κ2) is 8.91. The van der Waals surface area contributed by atoms with E-state index in [1.54, 1.807) is 24.3 Å². The molecule has 2 N–H and O–H groups in total. The van der Waals surface area contributed by atoms with Crippen LogP contribution in [0, 0.1) is 10.1 Å². The highest BCUT2D eigenvalue weighted by atomic mass is 16.6. The second-order valence-electron chi connectivity index (χ2n) is 6.05. The van der Waals surface area contributed by atoms with Crippen LogP contribution in [0.5, 0.6) is 0 Å². The van der Waals surface area contributed by atoms with Crippen molar-refractivity contribution in [3.05, 3.63) is 52.3 Å². The number of non-ortho nitro benzene ring substituents is 1. The third kappa shape index (κ3) is 5.01. The Hall–Kier alpha value is -3.53. The van der Waals surface area contributed by atoms with Gasteiger partial charge in [-0.05, 0) is 25.0 Å². The normalized spacial score (nSPS) is 16.2. The number of nitrogens with zero attached hydrogens (tertiary/aromatic N) is 2. The van der Waals surface area contributed by atoms with E-state index in [0.29, 0.717) is 23.7 Å². The fourth-order valence-corrected chi connectivity index (χ4v) is 2.65. The van der Waals surface area contributed by atoms with Gasteiger partial charge in [-0.3, -0.25) is 19.7 Å². The van der Waals surface area contributed by atoms with Gasteiger partial charge in [0.2, 0.25) is 0 Å². The Morgan fingerprint density at radius 1 is 1.29 bits per heavy atom. The number of carbonyl (C=O) groups excluding carboxylic acids is 2. The number of hydrogen-bond donors (Lipinski definition) is 2. The first-order valence-corrected chi connectivity index (χ1v) is 8.60. The number of rotatable bonds is 6. The molecule has 10 nitrogen and oxygen atoms in total. The highest BCUT2D eigenvalue weighted by molar-refractivity contribution is 6.35. The molecule has 0 aliphatic carbocycles. The summed E-state index contributed by atoms with van der Waals surface area (Å²) in [6.07, 6.45) is 2.96. The number of hydrazone groups is 1. The second-order valence-corrected chi connectivity index (χ2v) is 6.05. The molecule has 2 aromatic rings. The van der Waals surface area contributed by atoms with Gasteiger partial charge in [0.05, 0.1) is 17.2 Å². The molecule has 1 fully saturated rings. The van der Waals surface area contributed by atoms with Crippen molar-refractivity contribution in [1.82, 2.24) is 10.7 Å². The van der Waals surface area contributed by atoms with Crippen molar-refractivity contribution >= 4 is 23.7 Å². The van der Waals surface area contributed by atoms with Gasteiger partial charge in [-0.1, -0.05) is 12.1 Å². The molecule has 0 spiro atoms. The van der Waals surface area contributed by atoms with Gasteiger partial charge in [-0.25, -0.2) is 5.43 Å². The number of hydrogen-bond acceptors (Lipinski definition) is 7. The molecule has 10 heteroatoms. The molecular formula is C18H18N4O6. The number of nitro benzene ring substituents is 1. The van der Waals surface area contributed by atoms with E-state index in [2.05, 4.69) is 15.8 Å². The molecule has 1 aliphatic heterocycles. The monoisotopic (exact) mass is 386 g/mol. The van der Waals surface area contributed by atoms with E-state index < -0.39 is 16.7 Å². The van der Waals surface area contributed by atoms with Crippen LogP contribution in [0.2, 0.25) is 0 Å². The number of benzene rings is 1. The average Bonchev–Trinajstić information content (AvgIpc) is 3.38. The molecule has 1 saturated heterocycles. The first kappa shape index (κ1) is 19.2. The molecule has 0 bridgehead atoms. The number of carbonyl (C=O) groups is 2. The summed E-state index contributed by atoms with van der Waals surface area (Å²) in [5, 5.41) is 17.0. The first-order chi connectivity index (χ1) is 13.5.